The number of imidazole rings is 1. The van der Waals surface area contributed by atoms with Gasteiger partial charge >= 0.3 is 13.2 Å². The number of nitrogens with zero attached hydrogens (tertiary/aromatic N) is 2. The Kier molecular flexibility index (Phi) is 9.70. The van der Waals surface area contributed by atoms with Gasteiger partial charge in [0.2, 0.25) is 0 Å². The minimum atomic E-state index is -0.529. The maximum Gasteiger partial charge on any atom is 0.494 e. The molecule has 0 radical (unpaired) electrons. The van der Waals surface area contributed by atoms with E-state index < -0.39 is 12.7 Å². The number of aromatic nitrogens is 2. The zero-order valence-electron chi connectivity index (χ0n) is 22.8. The average Bonchev–Trinajstić information content (AvgIpc) is 3.42. The predicted octanol–water partition coefficient (Wildman–Crippen LogP) is 5.97. The summed E-state index contributed by atoms with van der Waals surface area (Å²) in [6, 6.07) is 5.88. The molecule has 2 unspecified atom stereocenters. The molecule has 0 spiro atoms. The molecule has 196 valence electrons. The predicted molar refractivity (Wildman–Crippen MR) is 151 cm³/mol. The lowest BCUT2D eigenvalue weighted by atomic mass is 9.79. The number of thiol groups is 2. The normalized spacial score (nSPS) is 22.9. The van der Waals surface area contributed by atoms with Gasteiger partial charge in [-0.2, -0.15) is 0 Å². The number of carbonyl (C=O) groups is 1. The van der Waals surface area contributed by atoms with Gasteiger partial charge in [-0.3, -0.25) is 4.90 Å². The summed E-state index contributed by atoms with van der Waals surface area (Å²) in [5.74, 6) is 1.17. The number of rotatable bonds is 2. The molecule has 7 nitrogen and oxygen atoms in total. The van der Waals surface area contributed by atoms with E-state index in [0.29, 0.717) is 12.5 Å². The van der Waals surface area contributed by atoms with E-state index in [9.17, 15) is 4.79 Å². The highest BCUT2D eigenvalue weighted by atomic mass is 33.1. The van der Waals surface area contributed by atoms with E-state index in [4.69, 9.17) is 19.0 Å². The standard InChI is InChI=1S/C23H34BN3O4.C2H6.H2S2/c1-14-11-18(27(13-14)20(28)29-21(2,3)4)19-25-16-10-9-15(12-17(16)26-19)24-30-22(5,6)23(7,8)31-24;2*1-2/h9-10,12,14,18H,11,13H2,1-8H3,(H,25,26);1-2H3;1-2H. The molecular weight excluding hydrogens is 481 g/mol. The monoisotopic (exact) mass is 523 g/mol. The number of aromatic amines is 1. The van der Waals surface area contributed by atoms with Crippen LogP contribution in [0.2, 0.25) is 0 Å². The minimum absolute atomic E-state index is 0.127. The maximum absolute atomic E-state index is 12.8. The zero-order chi connectivity index (χ0) is 26.8. The molecule has 2 atom stereocenters. The summed E-state index contributed by atoms with van der Waals surface area (Å²) in [5, 5.41) is 0. The molecule has 1 aromatic heterocycles. The Bertz CT molecular complexity index is 990. The first-order valence-corrected chi connectivity index (χ1v) is 13.9. The van der Waals surface area contributed by atoms with Crippen molar-refractivity contribution in [3.05, 3.63) is 24.0 Å². The number of amides is 1. The Morgan fingerprint density at radius 3 is 2.29 bits per heavy atom. The van der Waals surface area contributed by atoms with E-state index in [1.165, 1.54) is 0 Å². The summed E-state index contributed by atoms with van der Waals surface area (Å²) in [6.45, 7) is 20.7. The molecule has 2 saturated heterocycles. The van der Waals surface area contributed by atoms with E-state index in [0.717, 1.165) is 28.7 Å². The SMILES string of the molecule is CC.CC1CC(c2nc3ccc(B4OC(C)(C)C(C)(C)O4)cc3[nH]2)N(C(=O)OC(C)(C)C)C1.SS. The summed E-state index contributed by atoms with van der Waals surface area (Å²) < 4.78 is 18.0. The lowest BCUT2D eigenvalue weighted by Gasteiger charge is -2.32. The van der Waals surface area contributed by atoms with Crippen LogP contribution in [0, 0.1) is 5.92 Å². The van der Waals surface area contributed by atoms with E-state index in [2.05, 4.69) is 35.2 Å². The molecule has 10 heteroatoms. The molecule has 0 saturated carbocycles. The van der Waals surface area contributed by atoms with Gasteiger partial charge in [-0.25, -0.2) is 9.78 Å². The van der Waals surface area contributed by atoms with Crippen molar-refractivity contribution in [1.82, 2.24) is 14.9 Å². The molecule has 2 aliphatic heterocycles. The molecule has 2 fully saturated rings. The van der Waals surface area contributed by atoms with E-state index in [-0.39, 0.29) is 23.3 Å². The zero-order valence-corrected chi connectivity index (χ0v) is 24.6. The van der Waals surface area contributed by atoms with E-state index >= 15 is 0 Å². The number of likely N-dealkylation sites (tertiary alicyclic amines) is 1. The van der Waals surface area contributed by atoms with Crippen molar-refractivity contribution < 1.29 is 18.8 Å². The van der Waals surface area contributed by atoms with Gasteiger partial charge < -0.3 is 19.0 Å². The first-order valence-electron chi connectivity index (χ1n) is 12.3. The molecule has 0 bridgehead atoms. The quantitative estimate of drug-likeness (QED) is 0.257. The molecular formula is C25H42BN3O4S2. The van der Waals surface area contributed by atoms with E-state index in [1.807, 2.05) is 80.5 Å². The first-order chi connectivity index (χ1) is 16.3. The third kappa shape index (κ3) is 6.70. The largest absolute Gasteiger partial charge is 0.494 e. The average molecular weight is 524 g/mol. The van der Waals surface area contributed by atoms with E-state index in [1.54, 1.807) is 4.90 Å². The van der Waals surface area contributed by atoms with Crippen LogP contribution in [-0.4, -0.2) is 51.4 Å². The molecule has 1 aromatic carbocycles. The van der Waals surface area contributed by atoms with Crippen LogP contribution in [0.1, 0.15) is 87.5 Å². The van der Waals surface area contributed by atoms with Crippen LogP contribution in [0.3, 0.4) is 0 Å². The van der Waals surface area contributed by atoms with Crippen LogP contribution < -0.4 is 5.46 Å². The summed E-state index contributed by atoms with van der Waals surface area (Å²) in [7, 11) is -0.425. The molecule has 0 aliphatic carbocycles. The Balaban J connectivity index is 0.00000103. The molecule has 1 amide bonds. The van der Waals surface area contributed by atoms with Gasteiger partial charge in [0.25, 0.3) is 0 Å². The number of carbonyl (C=O) groups excluding carboxylic acids is 1. The van der Waals surface area contributed by atoms with Gasteiger partial charge in [0.1, 0.15) is 11.4 Å². The van der Waals surface area contributed by atoms with Crippen molar-refractivity contribution in [3.8, 4) is 0 Å². The Morgan fingerprint density at radius 1 is 1.17 bits per heavy atom. The number of H-pyrrole nitrogens is 1. The van der Waals surface area contributed by atoms with Gasteiger partial charge in [0.05, 0.1) is 28.3 Å². The van der Waals surface area contributed by atoms with Crippen molar-refractivity contribution in [3.63, 3.8) is 0 Å². The molecule has 2 aliphatic rings. The summed E-state index contributed by atoms with van der Waals surface area (Å²) in [6.07, 6.45) is 0.559. The fraction of sp³-hybridized carbons (Fsp3) is 0.680. The third-order valence-corrected chi connectivity index (χ3v) is 6.50. The number of hydrogen-bond donors (Lipinski definition) is 3. The first kappa shape index (κ1) is 29.9. The Labute approximate surface area is 221 Å². The smallest absolute Gasteiger partial charge is 0.444 e. The van der Waals surface area contributed by atoms with Crippen LogP contribution in [0.5, 0.6) is 0 Å². The number of hydrogen-bond acceptors (Lipinski definition) is 7. The fourth-order valence-corrected chi connectivity index (χ4v) is 4.16. The maximum atomic E-state index is 12.8. The van der Waals surface area contributed by atoms with Crippen LogP contribution in [0.4, 0.5) is 4.79 Å². The van der Waals surface area contributed by atoms with Crippen LogP contribution in [0.25, 0.3) is 11.0 Å². The number of benzene rings is 1. The number of fused-ring (bicyclic) bond motifs is 1. The van der Waals surface area contributed by atoms with Crippen molar-refractivity contribution in [2.45, 2.75) is 98.5 Å². The van der Waals surface area contributed by atoms with Gasteiger partial charge in [0, 0.05) is 6.54 Å². The fourth-order valence-electron chi connectivity index (χ4n) is 4.16. The van der Waals surface area contributed by atoms with Crippen molar-refractivity contribution in [1.29, 1.82) is 0 Å². The highest BCUT2D eigenvalue weighted by molar-refractivity contribution is 8.59. The van der Waals surface area contributed by atoms with Crippen molar-refractivity contribution in [2.24, 2.45) is 5.92 Å². The second-order valence-corrected chi connectivity index (χ2v) is 11.0. The lowest BCUT2D eigenvalue weighted by molar-refractivity contribution is 0.00578. The number of ether oxygens (including phenoxy) is 1. The Morgan fingerprint density at radius 2 is 1.74 bits per heavy atom. The van der Waals surface area contributed by atoms with Gasteiger partial charge in [-0.1, -0.05) is 26.8 Å². The van der Waals surface area contributed by atoms with Gasteiger partial charge in [-0.15, -0.1) is 23.3 Å². The molecule has 2 aromatic rings. The molecule has 1 N–H and O–H groups in total. The second kappa shape index (κ2) is 11.4. The van der Waals surface area contributed by atoms with Crippen LogP contribution in [-0.2, 0) is 14.0 Å². The van der Waals surface area contributed by atoms with Crippen LogP contribution in [0.15, 0.2) is 18.2 Å². The topological polar surface area (TPSA) is 76.7 Å². The molecule has 4 rings (SSSR count). The summed E-state index contributed by atoms with van der Waals surface area (Å²) in [5.41, 5.74) is 1.41. The van der Waals surface area contributed by atoms with Gasteiger partial charge in [-0.05, 0) is 78.4 Å². The molecule has 3 heterocycles. The molecule has 35 heavy (non-hydrogen) atoms. The minimum Gasteiger partial charge on any atom is -0.444 e. The highest BCUT2D eigenvalue weighted by Crippen LogP contribution is 2.37. The summed E-state index contributed by atoms with van der Waals surface area (Å²) >= 11 is 6.44. The van der Waals surface area contributed by atoms with Gasteiger partial charge in [0.15, 0.2) is 0 Å². The Hall–Kier alpha value is -1.36. The summed E-state index contributed by atoms with van der Waals surface area (Å²) in [4.78, 5) is 22.8. The lowest BCUT2D eigenvalue weighted by Crippen LogP contribution is -2.41. The van der Waals surface area contributed by atoms with Crippen molar-refractivity contribution >= 4 is 53.0 Å². The second-order valence-electron chi connectivity index (χ2n) is 11.0. The third-order valence-electron chi connectivity index (χ3n) is 6.50. The highest BCUT2D eigenvalue weighted by Gasteiger charge is 2.51. The van der Waals surface area contributed by atoms with Crippen molar-refractivity contribution in [2.75, 3.05) is 6.54 Å². The van der Waals surface area contributed by atoms with Crippen LogP contribution >= 0.6 is 23.3 Å². The number of nitrogens with one attached hydrogen (secondary N) is 1.